The Bertz CT molecular complexity index is 489. The van der Waals surface area contributed by atoms with Crippen molar-refractivity contribution in [1.82, 2.24) is 14.3 Å². The van der Waals surface area contributed by atoms with E-state index in [1.54, 1.807) is 6.92 Å². The molecule has 0 bridgehead atoms. The molecule has 1 atom stereocenters. The predicted molar refractivity (Wildman–Crippen MR) is 55.7 cm³/mol. The first-order chi connectivity index (χ1) is 6.75. The van der Waals surface area contributed by atoms with Crippen molar-refractivity contribution in [2.45, 2.75) is 26.0 Å². The average Bonchev–Trinajstić information content (AvgIpc) is 2.33. The largest absolute Gasteiger partial charge is 0.384 e. The van der Waals surface area contributed by atoms with Crippen LogP contribution in [0.4, 0.5) is 0 Å². The molecule has 1 unspecified atom stereocenters. The van der Waals surface area contributed by atoms with Gasteiger partial charge in [0.15, 0.2) is 0 Å². The lowest BCUT2D eigenvalue weighted by molar-refractivity contribution is 0.0743. The summed E-state index contributed by atoms with van der Waals surface area (Å²) in [5, 5.41) is 12.2. The van der Waals surface area contributed by atoms with Crippen molar-refractivity contribution in [1.29, 1.82) is 0 Å². The first kappa shape index (κ1) is 11.5. The number of nitrogens with zero attached hydrogens (tertiary/aromatic N) is 2. The first-order valence-electron chi connectivity index (χ1n) is 4.50. The molecule has 0 saturated carbocycles. The number of aromatic amines is 1. The lowest BCUT2D eigenvalue weighted by atomic mass is 9.99. The van der Waals surface area contributed by atoms with E-state index in [2.05, 4.69) is 11.7 Å². The van der Waals surface area contributed by atoms with E-state index in [0.717, 1.165) is 9.25 Å². The molecular formula is C9H15N3O3. The maximum absolute atomic E-state index is 11.4. The summed E-state index contributed by atoms with van der Waals surface area (Å²) in [6.07, 6.45) is 0. The highest BCUT2D eigenvalue weighted by Gasteiger charge is 2.23. The highest BCUT2D eigenvalue weighted by atomic mass is 16.3. The van der Waals surface area contributed by atoms with Crippen LogP contribution in [0.5, 0.6) is 0 Å². The van der Waals surface area contributed by atoms with Crippen molar-refractivity contribution >= 4 is 0 Å². The lowest BCUT2D eigenvalue weighted by Gasteiger charge is -2.22. The summed E-state index contributed by atoms with van der Waals surface area (Å²) in [6.45, 7) is 6.79. The van der Waals surface area contributed by atoms with Crippen molar-refractivity contribution in [2.24, 2.45) is 7.05 Å². The molecule has 84 valence electrons. The molecule has 2 N–H and O–H groups in total. The Kier molecular flexibility index (Phi) is 2.72. The lowest BCUT2D eigenvalue weighted by Crippen LogP contribution is -2.37. The van der Waals surface area contributed by atoms with Crippen molar-refractivity contribution < 1.29 is 5.11 Å². The van der Waals surface area contributed by atoms with Crippen LogP contribution in [-0.2, 0) is 13.6 Å². The average molecular weight is 213 g/mol. The van der Waals surface area contributed by atoms with Crippen molar-refractivity contribution in [3.63, 3.8) is 0 Å². The van der Waals surface area contributed by atoms with Crippen LogP contribution in [0.2, 0.25) is 0 Å². The molecule has 0 fully saturated rings. The summed E-state index contributed by atoms with van der Waals surface area (Å²) in [6, 6.07) is 0. The van der Waals surface area contributed by atoms with Gasteiger partial charge >= 0.3 is 11.4 Å². The highest BCUT2D eigenvalue weighted by molar-refractivity contribution is 5.06. The van der Waals surface area contributed by atoms with Gasteiger partial charge in [-0.05, 0) is 19.4 Å². The van der Waals surface area contributed by atoms with Gasteiger partial charge in [0.2, 0.25) is 0 Å². The third-order valence-electron chi connectivity index (χ3n) is 2.44. The smallest absolute Gasteiger partial charge is 0.346 e. The van der Waals surface area contributed by atoms with Gasteiger partial charge in [0, 0.05) is 7.05 Å². The maximum Gasteiger partial charge on any atom is 0.346 e. The highest BCUT2D eigenvalue weighted by Crippen LogP contribution is 2.14. The summed E-state index contributed by atoms with van der Waals surface area (Å²) in [5.41, 5.74) is -1.67. The van der Waals surface area contributed by atoms with Crippen molar-refractivity contribution in [3.8, 4) is 0 Å². The molecule has 6 nitrogen and oxygen atoms in total. The number of H-pyrrole nitrogens is 1. The Hall–Kier alpha value is -1.56. The molecule has 0 radical (unpaired) electrons. The minimum Gasteiger partial charge on any atom is -0.384 e. The van der Waals surface area contributed by atoms with Gasteiger partial charge < -0.3 is 5.11 Å². The molecule has 1 heterocycles. The second-order valence-electron chi connectivity index (χ2n) is 3.90. The Balaban J connectivity index is 3.11. The van der Waals surface area contributed by atoms with Crippen LogP contribution in [0.1, 0.15) is 13.8 Å². The summed E-state index contributed by atoms with van der Waals surface area (Å²) >= 11 is 0. The SMILES string of the molecule is C=C(C)C(C)(O)Cn1[nH]c(=O)n(C)c1=O. The molecule has 1 aromatic heterocycles. The van der Waals surface area contributed by atoms with Crippen molar-refractivity contribution in [2.75, 3.05) is 0 Å². The van der Waals surface area contributed by atoms with Crippen molar-refractivity contribution in [3.05, 3.63) is 33.1 Å². The second-order valence-corrected chi connectivity index (χ2v) is 3.90. The Morgan fingerprint density at radius 3 is 2.47 bits per heavy atom. The number of aromatic nitrogens is 3. The Labute approximate surface area is 86.5 Å². The number of nitrogens with one attached hydrogen (secondary N) is 1. The molecule has 0 aliphatic rings. The Morgan fingerprint density at radius 1 is 1.60 bits per heavy atom. The van der Waals surface area contributed by atoms with Crippen LogP contribution in [0.3, 0.4) is 0 Å². The van der Waals surface area contributed by atoms with Gasteiger partial charge in [-0.3, -0.25) is 0 Å². The summed E-state index contributed by atoms with van der Waals surface area (Å²) in [7, 11) is 1.37. The van der Waals surface area contributed by atoms with Gasteiger partial charge in [-0.25, -0.2) is 23.9 Å². The van der Waals surface area contributed by atoms with E-state index < -0.39 is 17.0 Å². The topological polar surface area (TPSA) is 80.0 Å². The summed E-state index contributed by atoms with van der Waals surface area (Å²) < 4.78 is 2.01. The Morgan fingerprint density at radius 2 is 2.13 bits per heavy atom. The zero-order valence-electron chi connectivity index (χ0n) is 9.07. The summed E-state index contributed by atoms with van der Waals surface area (Å²) in [5.74, 6) is 0. The molecule has 1 aromatic rings. The van der Waals surface area contributed by atoms with Crippen LogP contribution in [0, 0.1) is 0 Å². The standard InChI is InChI=1S/C9H15N3O3/c1-6(2)9(3,15)5-12-8(14)11(4)7(13)10-12/h15H,1,5H2,2-4H3,(H,10,13). The molecule has 6 heteroatoms. The molecule has 0 aliphatic heterocycles. The molecule has 15 heavy (non-hydrogen) atoms. The molecule has 0 amide bonds. The van der Waals surface area contributed by atoms with E-state index in [-0.39, 0.29) is 6.54 Å². The van der Waals surface area contributed by atoms with E-state index in [1.165, 1.54) is 14.0 Å². The van der Waals surface area contributed by atoms with Crippen LogP contribution >= 0.6 is 0 Å². The summed E-state index contributed by atoms with van der Waals surface area (Å²) in [4.78, 5) is 22.5. The number of aliphatic hydroxyl groups is 1. The van der Waals surface area contributed by atoms with E-state index in [0.29, 0.717) is 5.57 Å². The van der Waals surface area contributed by atoms with E-state index in [9.17, 15) is 14.7 Å². The van der Waals surface area contributed by atoms with Gasteiger partial charge in [-0.15, -0.1) is 0 Å². The van der Waals surface area contributed by atoms with Gasteiger partial charge in [0.25, 0.3) is 0 Å². The molecule has 1 rings (SSSR count). The fraction of sp³-hybridized carbons (Fsp3) is 0.556. The molecule has 0 saturated heterocycles. The van der Waals surface area contributed by atoms with Crippen LogP contribution in [-0.4, -0.2) is 25.1 Å². The monoisotopic (exact) mass is 213 g/mol. The normalized spacial score (nSPS) is 14.9. The van der Waals surface area contributed by atoms with E-state index >= 15 is 0 Å². The van der Waals surface area contributed by atoms with Crippen LogP contribution in [0.15, 0.2) is 21.7 Å². The molecule has 0 aromatic carbocycles. The fourth-order valence-electron chi connectivity index (χ4n) is 1.06. The van der Waals surface area contributed by atoms with E-state index in [4.69, 9.17) is 0 Å². The van der Waals surface area contributed by atoms with Gasteiger partial charge in [0.1, 0.15) is 5.60 Å². The maximum atomic E-state index is 11.4. The number of hydrogen-bond acceptors (Lipinski definition) is 3. The van der Waals surface area contributed by atoms with Crippen LogP contribution in [0.25, 0.3) is 0 Å². The predicted octanol–water partition coefficient (Wildman–Crippen LogP) is -0.798. The minimum absolute atomic E-state index is 0.0166. The van der Waals surface area contributed by atoms with Gasteiger partial charge in [0.05, 0.1) is 6.54 Å². The van der Waals surface area contributed by atoms with Gasteiger partial charge in [-0.2, -0.15) is 0 Å². The third kappa shape index (κ3) is 2.10. The third-order valence-corrected chi connectivity index (χ3v) is 2.44. The van der Waals surface area contributed by atoms with Crippen LogP contribution < -0.4 is 11.4 Å². The second kappa shape index (κ2) is 3.54. The van der Waals surface area contributed by atoms with E-state index in [1.807, 2.05) is 0 Å². The fourth-order valence-corrected chi connectivity index (χ4v) is 1.06. The number of rotatable bonds is 3. The number of hydrogen-bond donors (Lipinski definition) is 2. The molecule has 0 aliphatic carbocycles. The quantitative estimate of drug-likeness (QED) is 0.645. The minimum atomic E-state index is -1.21. The molecular weight excluding hydrogens is 198 g/mol. The zero-order valence-corrected chi connectivity index (χ0v) is 9.07. The molecule has 0 spiro atoms. The zero-order chi connectivity index (χ0) is 11.8. The first-order valence-corrected chi connectivity index (χ1v) is 4.50. The van der Waals surface area contributed by atoms with Gasteiger partial charge in [-0.1, -0.05) is 6.58 Å².